The highest BCUT2D eigenvalue weighted by Crippen LogP contribution is 2.31. The van der Waals surface area contributed by atoms with Crippen LogP contribution in [0.5, 0.6) is 0 Å². The first-order valence-corrected chi connectivity index (χ1v) is 10.1. The first-order chi connectivity index (χ1) is 9.40. The minimum atomic E-state index is -2.83. The molecule has 0 aromatic rings. The Labute approximate surface area is 124 Å². The highest BCUT2D eigenvalue weighted by Gasteiger charge is 2.36. The lowest BCUT2D eigenvalue weighted by atomic mass is 9.81. The molecule has 2 fully saturated rings. The van der Waals surface area contributed by atoms with Gasteiger partial charge in [-0.15, -0.1) is 0 Å². The van der Waals surface area contributed by atoms with E-state index in [9.17, 15) is 8.42 Å². The third-order valence-electron chi connectivity index (χ3n) is 4.96. The third-order valence-corrected chi connectivity index (χ3v) is 5.99. The Kier molecular flexibility index (Phi) is 5.49. The van der Waals surface area contributed by atoms with Gasteiger partial charge in [0.2, 0.25) is 0 Å². The topological polar surface area (TPSA) is 49.4 Å². The number of hydrogen-bond donors (Lipinski definition) is 1. The molecule has 4 nitrogen and oxygen atoms in total. The van der Waals surface area contributed by atoms with E-state index in [1.807, 2.05) is 0 Å². The van der Waals surface area contributed by atoms with Crippen LogP contribution in [-0.2, 0) is 9.84 Å². The zero-order valence-corrected chi connectivity index (χ0v) is 13.8. The number of nitrogens with zero attached hydrogens (tertiary/aromatic N) is 1. The van der Waals surface area contributed by atoms with Crippen LogP contribution in [0.4, 0.5) is 0 Å². The van der Waals surface area contributed by atoms with Crippen LogP contribution in [0.25, 0.3) is 0 Å². The molecule has 0 aromatic carbocycles. The van der Waals surface area contributed by atoms with Crippen LogP contribution in [0.1, 0.15) is 51.9 Å². The molecular weight excluding hydrogens is 272 g/mol. The van der Waals surface area contributed by atoms with Crippen LogP contribution >= 0.6 is 0 Å². The monoisotopic (exact) mass is 302 g/mol. The summed E-state index contributed by atoms with van der Waals surface area (Å²) in [5.41, 5.74) is 0.300. The van der Waals surface area contributed by atoms with E-state index in [2.05, 4.69) is 17.1 Å². The molecule has 1 aliphatic carbocycles. The third kappa shape index (κ3) is 4.71. The number of sulfone groups is 1. The van der Waals surface area contributed by atoms with Gasteiger partial charge in [-0.05, 0) is 45.7 Å². The van der Waals surface area contributed by atoms with Crippen LogP contribution in [0, 0.1) is 0 Å². The largest absolute Gasteiger partial charge is 0.310 e. The molecule has 1 saturated heterocycles. The molecule has 1 atom stereocenters. The van der Waals surface area contributed by atoms with Crippen molar-refractivity contribution in [3.05, 3.63) is 0 Å². The van der Waals surface area contributed by atoms with E-state index in [-0.39, 0.29) is 0 Å². The highest BCUT2D eigenvalue weighted by atomic mass is 32.2. The Morgan fingerprint density at radius 1 is 1.25 bits per heavy atom. The zero-order valence-electron chi connectivity index (χ0n) is 13.0. The van der Waals surface area contributed by atoms with Crippen LogP contribution < -0.4 is 5.32 Å². The summed E-state index contributed by atoms with van der Waals surface area (Å²) >= 11 is 0. The summed E-state index contributed by atoms with van der Waals surface area (Å²) in [5, 5.41) is 3.80. The van der Waals surface area contributed by atoms with Crippen LogP contribution in [0.15, 0.2) is 0 Å². The van der Waals surface area contributed by atoms with Crippen molar-refractivity contribution in [1.29, 1.82) is 0 Å². The minimum absolute atomic E-state index is 0.300. The van der Waals surface area contributed by atoms with Crippen LogP contribution in [0.2, 0.25) is 0 Å². The van der Waals surface area contributed by atoms with Gasteiger partial charge in [-0.3, -0.25) is 4.90 Å². The molecular formula is C15H30N2O2S. The minimum Gasteiger partial charge on any atom is -0.310 e. The van der Waals surface area contributed by atoms with Crippen molar-refractivity contribution in [3.8, 4) is 0 Å². The normalized spacial score (nSPS) is 28.4. The second kappa shape index (κ2) is 6.75. The van der Waals surface area contributed by atoms with Crippen molar-refractivity contribution in [2.75, 3.05) is 31.6 Å². The summed E-state index contributed by atoms with van der Waals surface area (Å²) in [6, 6.07) is 0.559. The fraction of sp³-hybridized carbons (Fsp3) is 1.00. The van der Waals surface area contributed by atoms with Gasteiger partial charge in [0.1, 0.15) is 9.84 Å². The molecule has 0 amide bonds. The van der Waals surface area contributed by atoms with Crippen molar-refractivity contribution in [2.45, 2.75) is 63.5 Å². The van der Waals surface area contributed by atoms with E-state index in [4.69, 9.17) is 0 Å². The van der Waals surface area contributed by atoms with Gasteiger partial charge in [0, 0.05) is 24.4 Å². The van der Waals surface area contributed by atoms with Crippen molar-refractivity contribution < 1.29 is 8.42 Å². The van der Waals surface area contributed by atoms with Gasteiger partial charge in [0.15, 0.2) is 0 Å². The molecule has 1 saturated carbocycles. The summed E-state index contributed by atoms with van der Waals surface area (Å²) in [6.45, 7) is 5.39. The Hall–Kier alpha value is -0.130. The number of nitrogens with one attached hydrogen (secondary N) is 1. The SMILES string of the molecule is CC1CCNC2(CCCCC2)CN1CCCS(C)(=O)=O. The van der Waals surface area contributed by atoms with E-state index in [0.717, 1.165) is 26.1 Å². The maximum atomic E-state index is 11.3. The van der Waals surface area contributed by atoms with Gasteiger partial charge in [0.25, 0.3) is 0 Å². The molecule has 2 aliphatic rings. The van der Waals surface area contributed by atoms with E-state index in [1.54, 1.807) is 0 Å². The molecule has 1 heterocycles. The molecule has 0 aromatic heterocycles. The highest BCUT2D eigenvalue weighted by molar-refractivity contribution is 7.90. The zero-order chi connectivity index (χ0) is 14.6. The molecule has 0 bridgehead atoms. The van der Waals surface area contributed by atoms with Gasteiger partial charge in [0.05, 0.1) is 5.75 Å². The molecule has 5 heteroatoms. The maximum absolute atomic E-state index is 11.3. The fourth-order valence-corrected chi connectivity index (χ4v) is 4.38. The van der Waals surface area contributed by atoms with Crippen molar-refractivity contribution in [2.24, 2.45) is 0 Å². The fourth-order valence-electron chi connectivity index (χ4n) is 3.72. The Morgan fingerprint density at radius 3 is 2.60 bits per heavy atom. The van der Waals surface area contributed by atoms with Gasteiger partial charge in [-0.1, -0.05) is 19.3 Å². The molecule has 20 heavy (non-hydrogen) atoms. The molecule has 1 unspecified atom stereocenters. The quantitative estimate of drug-likeness (QED) is 0.860. The molecule has 1 aliphatic heterocycles. The van der Waals surface area contributed by atoms with E-state index in [1.165, 1.54) is 44.8 Å². The van der Waals surface area contributed by atoms with E-state index < -0.39 is 9.84 Å². The molecule has 2 rings (SSSR count). The van der Waals surface area contributed by atoms with E-state index >= 15 is 0 Å². The number of hydrogen-bond acceptors (Lipinski definition) is 4. The van der Waals surface area contributed by atoms with Gasteiger partial charge < -0.3 is 5.32 Å². The lowest BCUT2D eigenvalue weighted by molar-refractivity contribution is 0.138. The van der Waals surface area contributed by atoms with Crippen LogP contribution in [0.3, 0.4) is 0 Å². The summed E-state index contributed by atoms with van der Waals surface area (Å²) in [4.78, 5) is 2.52. The van der Waals surface area contributed by atoms with Gasteiger partial charge in [-0.2, -0.15) is 0 Å². The molecule has 1 N–H and O–H groups in total. The van der Waals surface area contributed by atoms with Crippen molar-refractivity contribution >= 4 is 9.84 Å². The first-order valence-electron chi connectivity index (χ1n) is 8.07. The summed E-state index contributed by atoms with van der Waals surface area (Å²) in [6.07, 6.45) is 9.86. The average molecular weight is 302 g/mol. The second-order valence-corrected chi connectivity index (χ2v) is 9.12. The van der Waals surface area contributed by atoms with Crippen molar-refractivity contribution in [3.63, 3.8) is 0 Å². The summed E-state index contributed by atoms with van der Waals surface area (Å²) in [7, 11) is -2.83. The molecule has 1 spiro atoms. The summed E-state index contributed by atoms with van der Waals surface area (Å²) in [5.74, 6) is 0.316. The Morgan fingerprint density at radius 2 is 1.95 bits per heavy atom. The smallest absolute Gasteiger partial charge is 0.147 e. The first kappa shape index (κ1) is 16.2. The lowest BCUT2D eigenvalue weighted by Crippen LogP contribution is -2.53. The molecule has 0 radical (unpaired) electrons. The molecule has 118 valence electrons. The predicted molar refractivity (Wildman–Crippen MR) is 83.8 cm³/mol. The number of rotatable bonds is 4. The Bertz CT molecular complexity index is 402. The van der Waals surface area contributed by atoms with Crippen LogP contribution in [-0.4, -0.2) is 56.5 Å². The standard InChI is InChI=1S/C15H30N2O2S/c1-14-7-10-16-15(8-4-3-5-9-15)13-17(14)11-6-12-20(2,18)19/h14,16H,3-13H2,1-2H3. The maximum Gasteiger partial charge on any atom is 0.147 e. The Balaban J connectivity index is 1.94. The summed E-state index contributed by atoms with van der Waals surface area (Å²) < 4.78 is 22.6. The predicted octanol–water partition coefficient (Wildman–Crippen LogP) is 1.81. The van der Waals surface area contributed by atoms with Gasteiger partial charge >= 0.3 is 0 Å². The average Bonchev–Trinajstić information content (AvgIpc) is 2.50. The van der Waals surface area contributed by atoms with Gasteiger partial charge in [-0.25, -0.2) is 8.42 Å². The second-order valence-electron chi connectivity index (χ2n) is 6.86. The van der Waals surface area contributed by atoms with E-state index in [0.29, 0.717) is 17.3 Å². The van der Waals surface area contributed by atoms with Crippen molar-refractivity contribution in [1.82, 2.24) is 10.2 Å². The lowest BCUT2D eigenvalue weighted by Gasteiger charge is -2.41.